The van der Waals surface area contributed by atoms with Gasteiger partial charge in [-0.05, 0) is 18.2 Å². The molecule has 0 atom stereocenters. The molecule has 2 aromatic heterocycles. The van der Waals surface area contributed by atoms with E-state index in [1.54, 1.807) is 30.3 Å². The van der Waals surface area contributed by atoms with Crippen molar-refractivity contribution in [1.29, 1.82) is 0 Å². The zero-order chi connectivity index (χ0) is 13.2. The number of fused-ring (bicyclic) bond motifs is 1. The van der Waals surface area contributed by atoms with Crippen LogP contribution in [0.2, 0.25) is 0 Å². The summed E-state index contributed by atoms with van der Waals surface area (Å²) in [6.45, 7) is 0. The summed E-state index contributed by atoms with van der Waals surface area (Å²) in [5.74, 6) is -0.204. The molecule has 2 heterocycles. The molecule has 0 saturated heterocycles. The Morgan fingerprint density at radius 1 is 1.26 bits per heavy atom. The Hall–Kier alpha value is -2.47. The molecule has 1 amide bonds. The Balaban J connectivity index is 1.89. The van der Waals surface area contributed by atoms with Crippen molar-refractivity contribution in [2.45, 2.75) is 0 Å². The van der Waals surface area contributed by atoms with Gasteiger partial charge in [-0.15, -0.1) is 0 Å². The average Bonchev–Trinajstić information content (AvgIpc) is 2.79. The molecule has 0 fully saturated rings. The van der Waals surface area contributed by atoms with Gasteiger partial charge < -0.3 is 5.32 Å². The van der Waals surface area contributed by atoms with Crippen molar-refractivity contribution in [2.24, 2.45) is 0 Å². The summed E-state index contributed by atoms with van der Waals surface area (Å²) >= 11 is 1.06. The molecular weight excluding hydrogens is 262 g/mol. The average molecular weight is 271 g/mol. The number of aromatic amines is 1. The van der Waals surface area contributed by atoms with Crippen molar-refractivity contribution in [3.8, 4) is 0 Å². The van der Waals surface area contributed by atoms with Crippen molar-refractivity contribution < 1.29 is 4.79 Å². The Labute approximate surface area is 111 Å². The highest BCUT2D eigenvalue weighted by Crippen LogP contribution is 2.17. The Bertz CT molecular complexity index is 792. The summed E-state index contributed by atoms with van der Waals surface area (Å²) in [5, 5.41) is 2.75. The highest BCUT2D eigenvalue weighted by Gasteiger charge is 2.07. The summed E-state index contributed by atoms with van der Waals surface area (Å²) in [4.78, 5) is 29.7. The molecule has 0 unspecified atom stereocenters. The lowest BCUT2D eigenvalue weighted by molar-refractivity contribution is 0.102. The quantitative estimate of drug-likeness (QED) is 0.750. The third-order valence-electron chi connectivity index (χ3n) is 2.57. The lowest BCUT2D eigenvalue weighted by atomic mass is 10.2. The molecule has 3 rings (SSSR count). The van der Waals surface area contributed by atoms with Gasteiger partial charge in [0.05, 0.1) is 16.6 Å². The molecule has 6 heteroatoms. The van der Waals surface area contributed by atoms with Gasteiger partial charge in [0.2, 0.25) is 0 Å². The Morgan fingerprint density at radius 2 is 2.05 bits per heavy atom. The second-order valence-electron chi connectivity index (χ2n) is 3.91. The number of hydrogen-bond donors (Lipinski definition) is 2. The Morgan fingerprint density at radius 3 is 2.84 bits per heavy atom. The zero-order valence-corrected chi connectivity index (χ0v) is 10.5. The van der Waals surface area contributed by atoms with Crippen molar-refractivity contribution in [1.82, 2.24) is 9.97 Å². The normalized spacial score (nSPS) is 10.5. The minimum absolute atomic E-state index is 0.158. The summed E-state index contributed by atoms with van der Waals surface area (Å²) in [6.07, 6.45) is 1.52. The maximum Gasteiger partial charge on any atom is 0.306 e. The van der Waals surface area contributed by atoms with Crippen molar-refractivity contribution in [3.05, 3.63) is 57.8 Å². The molecule has 94 valence electrons. The van der Waals surface area contributed by atoms with Crippen LogP contribution in [0.4, 0.5) is 5.69 Å². The number of rotatable bonds is 2. The molecule has 0 radical (unpaired) electrons. The predicted molar refractivity (Wildman–Crippen MR) is 74.6 cm³/mol. The van der Waals surface area contributed by atoms with Crippen LogP contribution in [0.5, 0.6) is 0 Å². The highest BCUT2D eigenvalue weighted by atomic mass is 32.1. The number of H-pyrrole nitrogens is 1. The summed E-state index contributed by atoms with van der Waals surface area (Å²) in [5.41, 5.74) is 1.68. The molecule has 0 aliphatic heterocycles. The number of nitrogens with zero attached hydrogens (tertiary/aromatic N) is 1. The molecule has 0 spiro atoms. The number of amides is 1. The van der Waals surface area contributed by atoms with E-state index in [4.69, 9.17) is 0 Å². The molecule has 5 nitrogen and oxygen atoms in total. The SMILES string of the molecule is O=C(Nc1cnc2[nH]c(=O)sc2c1)c1ccccc1. The molecule has 1 aromatic carbocycles. The number of hydrogen-bond acceptors (Lipinski definition) is 4. The van der Waals surface area contributed by atoms with Gasteiger partial charge in [0.15, 0.2) is 5.65 Å². The fourth-order valence-corrected chi connectivity index (χ4v) is 2.43. The first-order chi connectivity index (χ1) is 9.22. The first-order valence-electron chi connectivity index (χ1n) is 5.58. The van der Waals surface area contributed by atoms with Crippen molar-refractivity contribution >= 4 is 33.3 Å². The van der Waals surface area contributed by atoms with Crippen LogP contribution in [0.25, 0.3) is 10.3 Å². The largest absolute Gasteiger partial charge is 0.321 e. The van der Waals surface area contributed by atoms with Gasteiger partial charge in [-0.1, -0.05) is 29.5 Å². The Kier molecular flexibility index (Phi) is 2.85. The number of benzene rings is 1. The fraction of sp³-hybridized carbons (Fsp3) is 0. The van der Waals surface area contributed by atoms with E-state index in [-0.39, 0.29) is 10.8 Å². The van der Waals surface area contributed by atoms with Gasteiger partial charge in [-0.25, -0.2) is 4.98 Å². The first kappa shape index (κ1) is 11.6. The van der Waals surface area contributed by atoms with Crippen molar-refractivity contribution in [2.75, 3.05) is 5.32 Å². The number of nitrogens with one attached hydrogen (secondary N) is 2. The van der Waals surface area contributed by atoms with Crippen LogP contribution in [0.15, 0.2) is 47.4 Å². The third kappa shape index (κ3) is 2.38. The van der Waals surface area contributed by atoms with Crippen LogP contribution in [-0.4, -0.2) is 15.9 Å². The number of pyridine rings is 1. The molecule has 0 aliphatic carbocycles. The predicted octanol–water partition coefficient (Wildman–Crippen LogP) is 2.24. The van der Waals surface area contributed by atoms with E-state index < -0.39 is 0 Å². The minimum Gasteiger partial charge on any atom is -0.321 e. The van der Waals surface area contributed by atoms with Gasteiger partial charge in [-0.3, -0.25) is 14.6 Å². The summed E-state index contributed by atoms with van der Waals surface area (Å²) < 4.78 is 0.718. The topological polar surface area (TPSA) is 74.8 Å². The highest BCUT2D eigenvalue weighted by molar-refractivity contribution is 7.16. The van der Waals surface area contributed by atoms with E-state index in [0.29, 0.717) is 16.9 Å². The second-order valence-corrected chi connectivity index (χ2v) is 4.92. The summed E-state index contributed by atoms with van der Waals surface area (Å²) in [7, 11) is 0. The van der Waals surface area contributed by atoms with Crippen LogP contribution in [0.3, 0.4) is 0 Å². The maximum absolute atomic E-state index is 12.0. The number of carbonyl (C=O) groups excluding carboxylic acids is 1. The molecule has 3 aromatic rings. The zero-order valence-electron chi connectivity index (χ0n) is 9.71. The van der Waals surface area contributed by atoms with Gasteiger partial charge in [0, 0.05) is 5.56 Å². The summed E-state index contributed by atoms with van der Waals surface area (Å²) in [6, 6.07) is 10.6. The number of carbonyl (C=O) groups is 1. The van der Waals surface area contributed by atoms with E-state index in [2.05, 4.69) is 15.3 Å². The van der Waals surface area contributed by atoms with E-state index in [9.17, 15) is 9.59 Å². The smallest absolute Gasteiger partial charge is 0.306 e. The van der Waals surface area contributed by atoms with Crippen LogP contribution in [0, 0.1) is 0 Å². The van der Waals surface area contributed by atoms with E-state index in [0.717, 1.165) is 16.0 Å². The van der Waals surface area contributed by atoms with Crippen LogP contribution >= 0.6 is 11.3 Å². The lowest BCUT2D eigenvalue weighted by Gasteiger charge is -2.04. The van der Waals surface area contributed by atoms with Gasteiger partial charge in [-0.2, -0.15) is 0 Å². The van der Waals surface area contributed by atoms with Crippen LogP contribution < -0.4 is 10.2 Å². The second kappa shape index (κ2) is 4.66. The third-order valence-corrected chi connectivity index (χ3v) is 3.39. The van der Waals surface area contributed by atoms with E-state index >= 15 is 0 Å². The molecule has 2 N–H and O–H groups in total. The van der Waals surface area contributed by atoms with Crippen molar-refractivity contribution in [3.63, 3.8) is 0 Å². The lowest BCUT2D eigenvalue weighted by Crippen LogP contribution is -2.11. The van der Waals surface area contributed by atoms with E-state index in [1.165, 1.54) is 6.20 Å². The molecular formula is C13H9N3O2S. The number of aromatic nitrogens is 2. The monoisotopic (exact) mass is 271 g/mol. The molecule has 0 saturated carbocycles. The molecule has 0 aliphatic rings. The fourth-order valence-electron chi connectivity index (χ4n) is 1.70. The van der Waals surface area contributed by atoms with Crippen LogP contribution in [0.1, 0.15) is 10.4 Å². The molecule has 19 heavy (non-hydrogen) atoms. The van der Waals surface area contributed by atoms with Gasteiger partial charge in [0.1, 0.15) is 0 Å². The van der Waals surface area contributed by atoms with Crippen LogP contribution in [-0.2, 0) is 0 Å². The van der Waals surface area contributed by atoms with Gasteiger partial charge in [0.25, 0.3) is 5.91 Å². The molecule has 0 bridgehead atoms. The maximum atomic E-state index is 12.0. The van der Waals surface area contributed by atoms with Gasteiger partial charge >= 0.3 is 4.87 Å². The van der Waals surface area contributed by atoms with E-state index in [1.807, 2.05) is 6.07 Å². The number of anilines is 1. The minimum atomic E-state index is -0.204. The first-order valence-corrected chi connectivity index (χ1v) is 6.39. The number of thiazole rings is 1. The standard InChI is InChI=1S/C13H9N3O2S/c17-12(8-4-2-1-3-5-8)15-9-6-10-11(14-7-9)16-13(18)19-10/h1-7H,(H,15,17)(H,14,16,18).